The second-order valence-corrected chi connectivity index (χ2v) is 4.35. The summed E-state index contributed by atoms with van der Waals surface area (Å²) in [4.78, 5) is 23.3. The van der Waals surface area contributed by atoms with E-state index in [9.17, 15) is 9.59 Å². The van der Waals surface area contributed by atoms with E-state index in [-0.39, 0.29) is 5.91 Å². The van der Waals surface area contributed by atoms with Crippen LogP contribution in [0.5, 0.6) is 0 Å². The van der Waals surface area contributed by atoms with Gasteiger partial charge in [0.25, 0.3) is 5.91 Å². The van der Waals surface area contributed by atoms with Crippen LogP contribution in [0.1, 0.15) is 20.7 Å². The first kappa shape index (κ1) is 13.4. The Bertz CT molecular complexity index is 621. The maximum Gasteiger partial charge on any atom is 0.337 e. The Kier molecular flexibility index (Phi) is 4.01. The molecular weight excluding hydrogens is 314 g/mol. The quantitative estimate of drug-likeness (QED) is 0.881. The molecule has 2 rings (SSSR count). The summed E-state index contributed by atoms with van der Waals surface area (Å²) in [5.74, 6) is -0.789. The number of nitrogens with one attached hydrogen (secondary N) is 1. The summed E-state index contributed by atoms with van der Waals surface area (Å²) in [7, 11) is 1.30. The number of carbonyl (C=O) groups is 2. The van der Waals surface area contributed by atoms with E-state index in [1.165, 1.54) is 19.4 Å². The molecule has 0 aliphatic heterocycles. The van der Waals surface area contributed by atoms with Crippen LogP contribution in [-0.4, -0.2) is 19.0 Å². The minimum atomic E-state index is -0.458. The molecule has 98 valence electrons. The zero-order valence-corrected chi connectivity index (χ0v) is 11.6. The lowest BCUT2D eigenvalue weighted by molar-refractivity contribution is 0.0600. The van der Waals surface area contributed by atoms with Crippen molar-refractivity contribution in [1.82, 2.24) is 0 Å². The molecule has 0 radical (unpaired) electrons. The van der Waals surface area contributed by atoms with E-state index < -0.39 is 5.97 Å². The van der Waals surface area contributed by atoms with Crippen LogP contribution in [-0.2, 0) is 4.74 Å². The van der Waals surface area contributed by atoms with Gasteiger partial charge >= 0.3 is 5.97 Å². The van der Waals surface area contributed by atoms with Gasteiger partial charge in [-0.1, -0.05) is 6.07 Å². The van der Waals surface area contributed by atoms with Crippen molar-refractivity contribution in [2.24, 2.45) is 0 Å². The Labute approximate surface area is 117 Å². The smallest absolute Gasteiger partial charge is 0.337 e. The fourth-order valence-corrected chi connectivity index (χ4v) is 1.92. The number of rotatable bonds is 3. The third-order valence-corrected chi connectivity index (χ3v) is 3.02. The van der Waals surface area contributed by atoms with Gasteiger partial charge in [0.1, 0.15) is 0 Å². The topological polar surface area (TPSA) is 68.5 Å². The van der Waals surface area contributed by atoms with Crippen LogP contribution in [0, 0.1) is 0 Å². The van der Waals surface area contributed by atoms with Gasteiger partial charge in [-0.25, -0.2) is 4.79 Å². The van der Waals surface area contributed by atoms with E-state index in [1.54, 1.807) is 24.3 Å². The molecule has 6 heteroatoms. The monoisotopic (exact) mass is 323 g/mol. The van der Waals surface area contributed by atoms with Gasteiger partial charge in [-0.3, -0.25) is 4.79 Å². The second kappa shape index (κ2) is 5.71. The number of esters is 1. The average molecular weight is 324 g/mol. The molecule has 19 heavy (non-hydrogen) atoms. The summed E-state index contributed by atoms with van der Waals surface area (Å²) in [5.41, 5.74) is 1.25. The minimum absolute atomic E-state index is 0.331. The molecule has 0 aliphatic rings. The lowest BCUT2D eigenvalue weighted by Gasteiger charge is -2.05. The van der Waals surface area contributed by atoms with Crippen molar-refractivity contribution in [3.8, 4) is 0 Å². The molecule has 0 saturated carbocycles. The van der Waals surface area contributed by atoms with Crippen molar-refractivity contribution in [1.29, 1.82) is 0 Å². The molecule has 0 saturated heterocycles. The van der Waals surface area contributed by atoms with Crippen molar-refractivity contribution in [2.45, 2.75) is 0 Å². The Morgan fingerprint density at radius 3 is 2.74 bits per heavy atom. The Balaban J connectivity index is 2.18. The number of benzene rings is 1. The fourth-order valence-electron chi connectivity index (χ4n) is 1.50. The van der Waals surface area contributed by atoms with Gasteiger partial charge in [-0.15, -0.1) is 0 Å². The van der Waals surface area contributed by atoms with Crippen LogP contribution >= 0.6 is 15.9 Å². The standard InChI is InChI=1S/C13H10BrNO4/c1-18-13(17)8-3-2-4-9(7-8)15-12(16)10-5-6-19-11(10)14/h2-7H,1H3,(H,15,16). The Hall–Kier alpha value is -2.08. The number of anilines is 1. The third kappa shape index (κ3) is 3.03. The molecule has 0 atom stereocenters. The highest BCUT2D eigenvalue weighted by Gasteiger charge is 2.13. The lowest BCUT2D eigenvalue weighted by atomic mass is 10.2. The summed E-state index contributed by atoms with van der Waals surface area (Å²) in [6, 6.07) is 8.03. The van der Waals surface area contributed by atoms with E-state index in [0.29, 0.717) is 21.5 Å². The molecule has 1 heterocycles. The number of methoxy groups -OCH3 is 1. The predicted molar refractivity (Wildman–Crippen MR) is 72.1 cm³/mol. The highest BCUT2D eigenvalue weighted by atomic mass is 79.9. The number of halogens is 1. The summed E-state index contributed by atoms with van der Waals surface area (Å²) in [6.07, 6.45) is 1.41. The molecule has 1 amide bonds. The van der Waals surface area contributed by atoms with E-state index in [4.69, 9.17) is 4.42 Å². The van der Waals surface area contributed by atoms with Crippen LogP contribution in [0.15, 0.2) is 45.7 Å². The molecule has 0 unspecified atom stereocenters. The first-order chi connectivity index (χ1) is 9.11. The van der Waals surface area contributed by atoms with Crippen molar-refractivity contribution in [3.05, 3.63) is 52.4 Å². The van der Waals surface area contributed by atoms with Crippen LogP contribution < -0.4 is 5.32 Å². The molecule has 5 nitrogen and oxygen atoms in total. The van der Waals surface area contributed by atoms with Crippen molar-refractivity contribution in [3.63, 3.8) is 0 Å². The van der Waals surface area contributed by atoms with Crippen molar-refractivity contribution < 1.29 is 18.7 Å². The molecule has 0 fully saturated rings. The van der Waals surface area contributed by atoms with Gasteiger partial charge in [0.2, 0.25) is 0 Å². The number of carbonyl (C=O) groups excluding carboxylic acids is 2. The second-order valence-electron chi connectivity index (χ2n) is 3.63. The van der Waals surface area contributed by atoms with Crippen LogP contribution in [0.25, 0.3) is 0 Å². The highest BCUT2D eigenvalue weighted by molar-refractivity contribution is 9.10. The fraction of sp³-hybridized carbons (Fsp3) is 0.0769. The zero-order chi connectivity index (χ0) is 13.8. The molecule has 0 aliphatic carbocycles. The highest BCUT2D eigenvalue weighted by Crippen LogP contribution is 2.19. The molecule has 1 aromatic carbocycles. The lowest BCUT2D eigenvalue weighted by Crippen LogP contribution is -2.12. The molecule has 1 N–H and O–H groups in total. The molecule has 2 aromatic rings. The molecular formula is C13H10BrNO4. The summed E-state index contributed by atoms with van der Waals surface area (Å²) >= 11 is 3.13. The van der Waals surface area contributed by atoms with Crippen LogP contribution in [0.3, 0.4) is 0 Å². The van der Waals surface area contributed by atoms with Crippen LogP contribution in [0.2, 0.25) is 0 Å². The average Bonchev–Trinajstić information content (AvgIpc) is 2.84. The molecule has 0 bridgehead atoms. The minimum Gasteiger partial charge on any atom is -0.465 e. The first-order valence-electron chi connectivity index (χ1n) is 5.34. The van der Waals surface area contributed by atoms with Gasteiger partial charge < -0.3 is 14.5 Å². The van der Waals surface area contributed by atoms with E-state index in [1.807, 2.05) is 0 Å². The Morgan fingerprint density at radius 1 is 1.32 bits per heavy atom. The number of ether oxygens (including phenoxy) is 1. The SMILES string of the molecule is COC(=O)c1cccc(NC(=O)c2ccoc2Br)c1. The molecule has 0 spiro atoms. The summed E-state index contributed by atoms with van der Waals surface area (Å²) in [6.45, 7) is 0. The number of amides is 1. The van der Waals surface area contributed by atoms with Gasteiger partial charge in [-0.2, -0.15) is 0 Å². The van der Waals surface area contributed by atoms with Gasteiger partial charge in [0.15, 0.2) is 4.67 Å². The summed E-state index contributed by atoms with van der Waals surface area (Å²) < 4.78 is 9.95. The maximum absolute atomic E-state index is 11.9. The zero-order valence-electron chi connectivity index (χ0n) is 9.98. The third-order valence-electron chi connectivity index (χ3n) is 2.40. The van der Waals surface area contributed by atoms with Gasteiger partial charge in [-0.05, 0) is 40.2 Å². The molecule has 1 aromatic heterocycles. The summed E-state index contributed by atoms with van der Waals surface area (Å²) in [5, 5.41) is 2.67. The Morgan fingerprint density at radius 2 is 2.11 bits per heavy atom. The van der Waals surface area contributed by atoms with Crippen LogP contribution in [0.4, 0.5) is 5.69 Å². The predicted octanol–water partition coefficient (Wildman–Crippen LogP) is 3.08. The van der Waals surface area contributed by atoms with E-state index >= 15 is 0 Å². The largest absolute Gasteiger partial charge is 0.465 e. The van der Waals surface area contributed by atoms with Crippen molar-refractivity contribution in [2.75, 3.05) is 12.4 Å². The van der Waals surface area contributed by atoms with Crippen molar-refractivity contribution >= 4 is 33.5 Å². The maximum atomic E-state index is 11.9. The normalized spacial score (nSPS) is 10.0. The van der Waals surface area contributed by atoms with Gasteiger partial charge in [0, 0.05) is 5.69 Å². The van der Waals surface area contributed by atoms with Gasteiger partial charge in [0.05, 0.1) is 24.5 Å². The first-order valence-corrected chi connectivity index (χ1v) is 6.14. The van der Waals surface area contributed by atoms with E-state index in [0.717, 1.165) is 0 Å². The number of hydrogen-bond acceptors (Lipinski definition) is 4. The van der Waals surface area contributed by atoms with E-state index in [2.05, 4.69) is 26.0 Å². The number of furan rings is 1. The number of hydrogen-bond donors (Lipinski definition) is 1.